The maximum atomic E-state index is 12.5. The highest BCUT2D eigenvalue weighted by atomic mass is 32.1. The average Bonchev–Trinajstić information content (AvgIpc) is 2.86. The fourth-order valence-corrected chi connectivity index (χ4v) is 3.87. The number of hydrogen-bond donors (Lipinski definition) is 1. The molecule has 0 saturated carbocycles. The van der Waals surface area contributed by atoms with E-state index < -0.39 is 12.6 Å². The molecular weight excluding hydrogens is 287 g/mol. The third kappa shape index (κ3) is 2.46. The van der Waals surface area contributed by atoms with Crippen LogP contribution in [-0.2, 0) is 19.3 Å². The Kier molecular flexibility index (Phi) is 3.32. The van der Waals surface area contributed by atoms with Gasteiger partial charge in [-0.2, -0.15) is 13.2 Å². The number of halogens is 3. The number of rotatable bonds is 3. The van der Waals surface area contributed by atoms with Crippen LogP contribution in [0.5, 0.6) is 0 Å². The summed E-state index contributed by atoms with van der Waals surface area (Å²) in [5.41, 5.74) is 1.22. The Labute approximate surface area is 118 Å². The molecule has 3 rings (SSSR count). The predicted octanol–water partition coefficient (Wildman–Crippen LogP) is 3.72. The van der Waals surface area contributed by atoms with E-state index in [0.29, 0.717) is 17.2 Å². The molecule has 3 nitrogen and oxygen atoms in total. The minimum absolute atomic E-state index is 0.152. The highest BCUT2D eigenvalue weighted by Gasteiger charge is 2.31. The van der Waals surface area contributed by atoms with Crippen LogP contribution in [0.2, 0.25) is 0 Å². The van der Waals surface area contributed by atoms with Crippen LogP contribution in [0.15, 0.2) is 0 Å². The maximum Gasteiger partial charge on any atom is 0.396 e. The van der Waals surface area contributed by atoms with Crippen molar-refractivity contribution in [1.29, 1.82) is 0 Å². The van der Waals surface area contributed by atoms with E-state index in [0.717, 1.165) is 24.6 Å². The largest absolute Gasteiger partial charge is 0.396 e. The number of aromatic nitrogens is 2. The molecule has 0 spiro atoms. The van der Waals surface area contributed by atoms with E-state index in [-0.39, 0.29) is 5.82 Å². The van der Waals surface area contributed by atoms with Gasteiger partial charge in [-0.25, -0.2) is 9.97 Å². The Hall–Kier alpha value is -1.37. The molecule has 20 heavy (non-hydrogen) atoms. The van der Waals surface area contributed by atoms with Crippen molar-refractivity contribution in [3.05, 3.63) is 16.3 Å². The molecular formula is C13H14F3N3S. The number of hydrogen-bond acceptors (Lipinski definition) is 4. The summed E-state index contributed by atoms with van der Waals surface area (Å²) in [6.45, 7) is 2.53. The fourth-order valence-electron chi connectivity index (χ4n) is 2.59. The average molecular weight is 301 g/mol. The van der Waals surface area contributed by atoms with E-state index in [2.05, 4.69) is 15.3 Å². The summed E-state index contributed by atoms with van der Waals surface area (Å²) in [6.07, 6.45) is -2.29. The minimum Gasteiger partial charge on any atom is -0.370 e. The van der Waals surface area contributed by atoms with Crippen LogP contribution in [0.3, 0.4) is 0 Å². The van der Waals surface area contributed by atoms with Gasteiger partial charge in [-0.05, 0) is 31.7 Å². The smallest absolute Gasteiger partial charge is 0.370 e. The van der Waals surface area contributed by atoms with Crippen LogP contribution in [0.4, 0.5) is 19.0 Å². The highest BCUT2D eigenvalue weighted by Crippen LogP contribution is 2.39. The topological polar surface area (TPSA) is 37.8 Å². The maximum absolute atomic E-state index is 12.5. The molecule has 0 bridgehead atoms. The summed E-state index contributed by atoms with van der Waals surface area (Å²) in [5, 5.41) is 4.01. The SMILES string of the molecule is CCNc1nc(CC(F)(F)F)nc2sc3c(c12)CCC3. The zero-order chi connectivity index (χ0) is 14.3. The molecule has 0 aliphatic heterocycles. The van der Waals surface area contributed by atoms with Crippen molar-refractivity contribution in [3.63, 3.8) is 0 Å². The van der Waals surface area contributed by atoms with Crippen molar-refractivity contribution in [1.82, 2.24) is 9.97 Å². The van der Waals surface area contributed by atoms with Crippen LogP contribution in [0, 0.1) is 0 Å². The lowest BCUT2D eigenvalue weighted by molar-refractivity contribution is -0.128. The van der Waals surface area contributed by atoms with Gasteiger partial charge in [0, 0.05) is 11.4 Å². The summed E-state index contributed by atoms with van der Waals surface area (Å²) in [6, 6.07) is 0. The molecule has 0 unspecified atom stereocenters. The number of nitrogens with zero attached hydrogens (tertiary/aromatic N) is 2. The zero-order valence-electron chi connectivity index (χ0n) is 11.0. The van der Waals surface area contributed by atoms with Gasteiger partial charge in [-0.15, -0.1) is 11.3 Å². The van der Waals surface area contributed by atoms with Crippen molar-refractivity contribution >= 4 is 27.4 Å². The van der Waals surface area contributed by atoms with E-state index in [4.69, 9.17) is 0 Å². The first-order chi connectivity index (χ1) is 9.48. The Morgan fingerprint density at radius 2 is 2.05 bits per heavy atom. The summed E-state index contributed by atoms with van der Waals surface area (Å²) < 4.78 is 37.6. The Morgan fingerprint density at radius 1 is 1.25 bits per heavy atom. The van der Waals surface area contributed by atoms with Gasteiger partial charge in [0.1, 0.15) is 22.9 Å². The van der Waals surface area contributed by atoms with Crippen LogP contribution in [0.25, 0.3) is 10.2 Å². The second-order valence-corrected chi connectivity index (χ2v) is 5.93. The van der Waals surface area contributed by atoms with Crippen molar-refractivity contribution in [2.45, 2.75) is 38.8 Å². The molecule has 2 aromatic rings. The van der Waals surface area contributed by atoms with Crippen LogP contribution in [0.1, 0.15) is 29.6 Å². The van der Waals surface area contributed by atoms with Crippen molar-refractivity contribution in [2.75, 3.05) is 11.9 Å². The number of alkyl halides is 3. The van der Waals surface area contributed by atoms with Gasteiger partial charge in [0.05, 0.1) is 5.39 Å². The molecule has 0 saturated heterocycles. The lowest BCUT2D eigenvalue weighted by atomic mass is 10.2. The molecule has 1 aliphatic carbocycles. The number of nitrogens with one attached hydrogen (secondary N) is 1. The molecule has 0 aromatic carbocycles. The minimum atomic E-state index is -4.28. The monoisotopic (exact) mass is 301 g/mol. The molecule has 108 valence electrons. The number of fused-ring (bicyclic) bond motifs is 3. The van der Waals surface area contributed by atoms with Gasteiger partial charge in [-0.1, -0.05) is 0 Å². The van der Waals surface area contributed by atoms with Gasteiger partial charge in [-0.3, -0.25) is 0 Å². The van der Waals surface area contributed by atoms with E-state index in [9.17, 15) is 13.2 Å². The molecule has 1 aliphatic rings. The summed E-state index contributed by atoms with van der Waals surface area (Å²) in [7, 11) is 0. The van der Waals surface area contributed by atoms with Gasteiger partial charge in [0.25, 0.3) is 0 Å². The molecule has 2 heterocycles. The summed E-state index contributed by atoms with van der Waals surface area (Å²) in [4.78, 5) is 10.1. The van der Waals surface area contributed by atoms with E-state index in [1.807, 2.05) is 6.92 Å². The molecule has 2 aromatic heterocycles. The highest BCUT2D eigenvalue weighted by molar-refractivity contribution is 7.19. The fraction of sp³-hybridized carbons (Fsp3) is 0.538. The lowest BCUT2D eigenvalue weighted by Crippen LogP contribution is -2.15. The second kappa shape index (κ2) is 4.87. The number of anilines is 1. The molecule has 0 amide bonds. The Bertz CT molecular complexity index is 648. The molecule has 1 N–H and O–H groups in total. The standard InChI is InChI=1S/C13H14F3N3S/c1-2-17-11-10-7-4-3-5-8(7)20-12(10)19-9(18-11)6-13(14,15)16/h2-6H2,1H3,(H,17,18,19). The zero-order valence-corrected chi connectivity index (χ0v) is 11.8. The van der Waals surface area contributed by atoms with Crippen LogP contribution >= 0.6 is 11.3 Å². The Balaban J connectivity index is 2.12. The van der Waals surface area contributed by atoms with Crippen molar-refractivity contribution < 1.29 is 13.2 Å². The molecule has 0 fully saturated rings. The van der Waals surface area contributed by atoms with Crippen LogP contribution < -0.4 is 5.32 Å². The van der Waals surface area contributed by atoms with E-state index in [1.165, 1.54) is 21.8 Å². The molecule has 0 atom stereocenters. The van der Waals surface area contributed by atoms with Gasteiger partial charge in [0.2, 0.25) is 0 Å². The summed E-state index contributed by atoms with van der Waals surface area (Å²) in [5.74, 6) is 0.400. The second-order valence-electron chi connectivity index (χ2n) is 4.85. The first-order valence-corrected chi connectivity index (χ1v) is 7.41. The van der Waals surface area contributed by atoms with Gasteiger partial charge >= 0.3 is 6.18 Å². The van der Waals surface area contributed by atoms with E-state index >= 15 is 0 Å². The predicted molar refractivity (Wildman–Crippen MR) is 73.4 cm³/mol. The normalized spacial score (nSPS) is 14.8. The first kappa shape index (κ1) is 13.6. The molecule has 7 heteroatoms. The van der Waals surface area contributed by atoms with Crippen molar-refractivity contribution in [2.24, 2.45) is 0 Å². The third-order valence-corrected chi connectivity index (χ3v) is 4.50. The lowest BCUT2D eigenvalue weighted by Gasteiger charge is -2.09. The van der Waals surface area contributed by atoms with Crippen LogP contribution in [-0.4, -0.2) is 22.7 Å². The van der Waals surface area contributed by atoms with Gasteiger partial charge in [0.15, 0.2) is 0 Å². The third-order valence-electron chi connectivity index (χ3n) is 3.31. The van der Waals surface area contributed by atoms with E-state index in [1.54, 1.807) is 0 Å². The van der Waals surface area contributed by atoms with Crippen molar-refractivity contribution in [3.8, 4) is 0 Å². The number of aryl methyl sites for hydroxylation is 2. The number of thiophene rings is 1. The Morgan fingerprint density at radius 3 is 2.75 bits per heavy atom. The van der Waals surface area contributed by atoms with Gasteiger partial charge < -0.3 is 5.32 Å². The quantitative estimate of drug-likeness (QED) is 0.939. The first-order valence-electron chi connectivity index (χ1n) is 6.59. The molecule has 0 radical (unpaired) electrons. The summed E-state index contributed by atoms with van der Waals surface area (Å²) >= 11 is 1.51.